The Hall–Kier alpha value is -1.90. The Kier molecular flexibility index (Phi) is 3.60. The second-order valence-electron chi connectivity index (χ2n) is 4.74. The van der Waals surface area contributed by atoms with Gasteiger partial charge in [0, 0.05) is 7.05 Å². The fourth-order valence-corrected chi connectivity index (χ4v) is 2.15. The van der Waals surface area contributed by atoms with E-state index in [-0.39, 0.29) is 0 Å². The fourth-order valence-electron chi connectivity index (χ4n) is 2.15. The maximum Gasteiger partial charge on any atom is 0.168 e. The smallest absolute Gasteiger partial charge is 0.168 e. The standard InChI is InChI=1S/C15H18N2O/c1-11-4-5-12(2)13(8-11)6-7-14-15(9-18)17(3)10-16-14/h4-5,8-10H,6-7H2,1-3H3. The van der Waals surface area contributed by atoms with Crippen LogP contribution >= 0.6 is 0 Å². The molecule has 2 rings (SSSR count). The molecular formula is C15H18N2O. The van der Waals surface area contributed by atoms with Gasteiger partial charge in [-0.1, -0.05) is 23.8 Å². The number of carbonyl (C=O) groups is 1. The van der Waals surface area contributed by atoms with Gasteiger partial charge in [0.2, 0.25) is 0 Å². The molecule has 18 heavy (non-hydrogen) atoms. The van der Waals surface area contributed by atoms with Crippen LogP contribution in [0.2, 0.25) is 0 Å². The Morgan fingerprint density at radius 3 is 2.78 bits per heavy atom. The Morgan fingerprint density at radius 1 is 1.28 bits per heavy atom. The van der Waals surface area contributed by atoms with E-state index < -0.39 is 0 Å². The molecular weight excluding hydrogens is 224 g/mol. The molecule has 0 aliphatic rings. The molecule has 0 amide bonds. The van der Waals surface area contributed by atoms with Crippen LogP contribution in [0.15, 0.2) is 24.5 Å². The van der Waals surface area contributed by atoms with Crippen LogP contribution in [0.1, 0.15) is 32.9 Å². The van der Waals surface area contributed by atoms with E-state index >= 15 is 0 Å². The molecule has 1 heterocycles. The maximum atomic E-state index is 11.0. The highest BCUT2D eigenvalue weighted by molar-refractivity contribution is 5.73. The number of nitrogens with zero attached hydrogens (tertiary/aromatic N) is 2. The van der Waals surface area contributed by atoms with Crippen molar-refractivity contribution in [1.29, 1.82) is 0 Å². The predicted molar refractivity (Wildman–Crippen MR) is 71.9 cm³/mol. The highest BCUT2D eigenvalue weighted by atomic mass is 16.1. The Balaban J connectivity index is 2.16. The van der Waals surface area contributed by atoms with Crippen molar-refractivity contribution in [3.63, 3.8) is 0 Å². The van der Waals surface area contributed by atoms with Crippen molar-refractivity contribution in [1.82, 2.24) is 9.55 Å². The van der Waals surface area contributed by atoms with Gasteiger partial charge in [-0.15, -0.1) is 0 Å². The van der Waals surface area contributed by atoms with Crippen molar-refractivity contribution in [2.45, 2.75) is 26.7 Å². The highest BCUT2D eigenvalue weighted by Gasteiger charge is 2.08. The monoisotopic (exact) mass is 242 g/mol. The molecule has 0 saturated heterocycles. The second-order valence-corrected chi connectivity index (χ2v) is 4.74. The molecule has 3 heteroatoms. The molecule has 0 fully saturated rings. The summed E-state index contributed by atoms with van der Waals surface area (Å²) in [5, 5.41) is 0. The van der Waals surface area contributed by atoms with E-state index in [1.807, 2.05) is 7.05 Å². The van der Waals surface area contributed by atoms with Crippen LogP contribution in [0.25, 0.3) is 0 Å². The molecule has 1 aromatic carbocycles. The molecule has 3 nitrogen and oxygen atoms in total. The van der Waals surface area contributed by atoms with Crippen molar-refractivity contribution in [2.75, 3.05) is 0 Å². The number of carbonyl (C=O) groups excluding carboxylic acids is 1. The van der Waals surface area contributed by atoms with Crippen LogP contribution in [0.3, 0.4) is 0 Å². The molecule has 0 aliphatic heterocycles. The lowest BCUT2D eigenvalue weighted by molar-refractivity contribution is 0.111. The van der Waals surface area contributed by atoms with Gasteiger partial charge >= 0.3 is 0 Å². The predicted octanol–water partition coefficient (Wildman–Crippen LogP) is 2.63. The van der Waals surface area contributed by atoms with Gasteiger partial charge in [-0.05, 0) is 37.8 Å². The van der Waals surface area contributed by atoms with E-state index in [1.54, 1.807) is 10.9 Å². The maximum absolute atomic E-state index is 11.0. The second kappa shape index (κ2) is 5.17. The third-order valence-corrected chi connectivity index (χ3v) is 3.31. The minimum absolute atomic E-state index is 0.681. The first-order valence-corrected chi connectivity index (χ1v) is 6.13. The molecule has 0 atom stereocenters. The molecule has 0 spiro atoms. The summed E-state index contributed by atoms with van der Waals surface area (Å²) in [6.07, 6.45) is 4.30. The fraction of sp³-hybridized carbons (Fsp3) is 0.333. The van der Waals surface area contributed by atoms with Gasteiger partial charge in [0.05, 0.1) is 12.0 Å². The normalized spacial score (nSPS) is 10.6. The van der Waals surface area contributed by atoms with E-state index in [0.717, 1.165) is 24.8 Å². The van der Waals surface area contributed by atoms with Gasteiger partial charge in [0.15, 0.2) is 6.29 Å². The molecule has 2 aromatic rings. The van der Waals surface area contributed by atoms with Gasteiger partial charge in [0.1, 0.15) is 5.69 Å². The van der Waals surface area contributed by atoms with Gasteiger partial charge in [-0.2, -0.15) is 0 Å². The lowest BCUT2D eigenvalue weighted by atomic mass is 10.0. The number of benzene rings is 1. The van der Waals surface area contributed by atoms with Crippen LogP contribution in [0, 0.1) is 13.8 Å². The summed E-state index contributed by atoms with van der Waals surface area (Å²) >= 11 is 0. The largest absolute Gasteiger partial charge is 0.331 e. The van der Waals surface area contributed by atoms with Crippen molar-refractivity contribution >= 4 is 6.29 Å². The minimum atomic E-state index is 0.681. The average molecular weight is 242 g/mol. The molecule has 94 valence electrons. The summed E-state index contributed by atoms with van der Waals surface area (Å²) < 4.78 is 1.77. The zero-order chi connectivity index (χ0) is 13.1. The van der Waals surface area contributed by atoms with Crippen molar-refractivity contribution in [2.24, 2.45) is 7.05 Å². The third-order valence-electron chi connectivity index (χ3n) is 3.31. The summed E-state index contributed by atoms with van der Waals surface area (Å²) in [5.74, 6) is 0. The average Bonchev–Trinajstić information content (AvgIpc) is 2.71. The topological polar surface area (TPSA) is 34.9 Å². The summed E-state index contributed by atoms with van der Waals surface area (Å²) in [6.45, 7) is 4.22. The van der Waals surface area contributed by atoms with Gasteiger partial charge in [-0.25, -0.2) is 4.98 Å². The molecule has 0 N–H and O–H groups in total. The molecule has 1 aromatic heterocycles. The van der Waals surface area contributed by atoms with Crippen LogP contribution in [-0.4, -0.2) is 15.8 Å². The van der Waals surface area contributed by atoms with Crippen LogP contribution in [0.4, 0.5) is 0 Å². The number of imidazole rings is 1. The van der Waals surface area contributed by atoms with E-state index in [2.05, 4.69) is 37.0 Å². The van der Waals surface area contributed by atoms with Crippen LogP contribution in [-0.2, 0) is 19.9 Å². The Morgan fingerprint density at radius 2 is 2.06 bits per heavy atom. The minimum Gasteiger partial charge on any atom is -0.331 e. The summed E-state index contributed by atoms with van der Waals surface area (Å²) in [5.41, 5.74) is 5.46. The first kappa shape index (κ1) is 12.6. The van der Waals surface area contributed by atoms with E-state index in [4.69, 9.17) is 0 Å². The number of aromatic nitrogens is 2. The van der Waals surface area contributed by atoms with Crippen molar-refractivity contribution in [3.05, 3.63) is 52.6 Å². The van der Waals surface area contributed by atoms with Crippen LogP contribution in [0.5, 0.6) is 0 Å². The molecule has 0 aliphatic carbocycles. The Labute approximate surface area is 107 Å². The molecule has 0 unspecified atom stereocenters. The SMILES string of the molecule is Cc1ccc(C)c(CCc2ncn(C)c2C=O)c1. The van der Waals surface area contributed by atoms with Gasteiger partial charge in [-0.3, -0.25) is 4.79 Å². The molecule has 0 radical (unpaired) electrons. The van der Waals surface area contributed by atoms with E-state index in [1.165, 1.54) is 16.7 Å². The summed E-state index contributed by atoms with van der Waals surface area (Å²) in [4.78, 5) is 15.3. The zero-order valence-electron chi connectivity index (χ0n) is 11.1. The summed E-state index contributed by atoms with van der Waals surface area (Å²) in [6, 6.07) is 6.47. The molecule has 0 saturated carbocycles. The van der Waals surface area contributed by atoms with Gasteiger partial charge in [0.25, 0.3) is 0 Å². The van der Waals surface area contributed by atoms with Crippen molar-refractivity contribution in [3.8, 4) is 0 Å². The number of rotatable bonds is 4. The summed E-state index contributed by atoms with van der Waals surface area (Å²) in [7, 11) is 1.85. The van der Waals surface area contributed by atoms with Crippen molar-refractivity contribution < 1.29 is 4.79 Å². The Bertz CT molecular complexity index is 570. The third kappa shape index (κ3) is 2.50. The van der Waals surface area contributed by atoms with E-state index in [9.17, 15) is 4.79 Å². The zero-order valence-corrected chi connectivity index (χ0v) is 11.1. The number of hydrogen-bond acceptors (Lipinski definition) is 2. The quantitative estimate of drug-likeness (QED) is 0.772. The first-order chi connectivity index (χ1) is 8.61. The van der Waals surface area contributed by atoms with Crippen LogP contribution < -0.4 is 0 Å². The van der Waals surface area contributed by atoms with E-state index in [0.29, 0.717) is 5.69 Å². The highest BCUT2D eigenvalue weighted by Crippen LogP contribution is 2.14. The molecule has 0 bridgehead atoms. The lowest BCUT2D eigenvalue weighted by Gasteiger charge is -2.06. The first-order valence-electron chi connectivity index (χ1n) is 6.13. The number of aldehydes is 1. The van der Waals surface area contributed by atoms with Gasteiger partial charge < -0.3 is 4.57 Å². The number of aryl methyl sites for hydroxylation is 5. The lowest BCUT2D eigenvalue weighted by Crippen LogP contribution is -2.00. The number of hydrogen-bond donors (Lipinski definition) is 0.